The van der Waals surface area contributed by atoms with Crippen LogP contribution in [-0.2, 0) is 4.79 Å². The molecule has 0 saturated carbocycles. The number of aromatic nitrogens is 4. The largest absolute Gasteiger partial charge is 0.493 e. The Morgan fingerprint density at radius 2 is 2.22 bits per heavy atom. The van der Waals surface area contributed by atoms with Gasteiger partial charge in [0, 0.05) is 11.3 Å². The van der Waals surface area contributed by atoms with Crippen molar-refractivity contribution in [3.63, 3.8) is 0 Å². The molecule has 2 aromatic rings. The summed E-state index contributed by atoms with van der Waals surface area (Å²) in [6.07, 6.45) is 0.883. The Bertz CT molecular complexity index is 767. The minimum absolute atomic E-state index is 0.414. The normalized spacial score (nSPS) is 16.7. The quantitative estimate of drug-likeness (QED) is 0.859. The van der Waals surface area contributed by atoms with Crippen LogP contribution in [0.5, 0.6) is 5.75 Å². The van der Waals surface area contributed by atoms with Gasteiger partial charge in [-0.3, -0.25) is 4.79 Å². The lowest BCUT2D eigenvalue weighted by molar-refractivity contribution is -0.115. The molecule has 120 valence electrons. The fourth-order valence-electron chi connectivity index (χ4n) is 2.67. The minimum atomic E-state index is -0.522. The number of primary amides is 1. The summed E-state index contributed by atoms with van der Waals surface area (Å²) in [5.74, 6) is 0.628. The number of hydrogen-bond acceptors (Lipinski definition) is 6. The van der Waals surface area contributed by atoms with Crippen molar-refractivity contribution in [3.8, 4) is 5.75 Å². The van der Waals surface area contributed by atoms with E-state index < -0.39 is 11.9 Å². The Kier molecular flexibility index (Phi) is 3.96. The molecule has 1 aromatic heterocycles. The van der Waals surface area contributed by atoms with E-state index in [-0.39, 0.29) is 0 Å². The maximum Gasteiger partial charge on any atom is 0.248 e. The highest BCUT2D eigenvalue weighted by Crippen LogP contribution is 2.38. The van der Waals surface area contributed by atoms with Crippen LogP contribution in [0.1, 0.15) is 31.9 Å². The first kappa shape index (κ1) is 15.0. The number of nitrogens with one attached hydrogen (secondary N) is 1. The Hall–Kier alpha value is -2.90. The number of rotatable bonds is 5. The molecule has 0 radical (unpaired) electrons. The first-order valence-electron chi connectivity index (χ1n) is 7.40. The summed E-state index contributed by atoms with van der Waals surface area (Å²) in [4.78, 5) is 12.0. The van der Waals surface area contributed by atoms with Crippen molar-refractivity contribution in [1.82, 2.24) is 20.2 Å². The zero-order valence-corrected chi connectivity index (χ0v) is 13.0. The first-order chi connectivity index (χ1) is 11.1. The van der Waals surface area contributed by atoms with Crippen LogP contribution in [0.25, 0.3) is 0 Å². The van der Waals surface area contributed by atoms with Crippen LogP contribution >= 0.6 is 0 Å². The lowest BCUT2D eigenvalue weighted by Gasteiger charge is -2.28. The van der Waals surface area contributed by atoms with E-state index in [0.717, 1.165) is 12.0 Å². The number of ether oxygens (including phenoxy) is 1. The van der Waals surface area contributed by atoms with Gasteiger partial charge in [0.1, 0.15) is 11.8 Å². The summed E-state index contributed by atoms with van der Waals surface area (Å²) >= 11 is 0. The van der Waals surface area contributed by atoms with Crippen LogP contribution in [-0.4, -0.2) is 32.7 Å². The van der Waals surface area contributed by atoms with Gasteiger partial charge in [-0.25, -0.2) is 0 Å². The summed E-state index contributed by atoms with van der Waals surface area (Å²) < 4.78 is 7.36. The summed E-state index contributed by atoms with van der Waals surface area (Å²) in [6, 6.07) is 7.00. The lowest BCUT2D eigenvalue weighted by atomic mass is 9.94. The van der Waals surface area contributed by atoms with E-state index in [4.69, 9.17) is 10.5 Å². The molecule has 1 amide bonds. The molecule has 23 heavy (non-hydrogen) atoms. The van der Waals surface area contributed by atoms with Crippen molar-refractivity contribution in [1.29, 1.82) is 0 Å². The van der Waals surface area contributed by atoms with Crippen molar-refractivity contribution in [2.75, 3.05) is 11.9 Å². The molecule has 8 nitrogen and oxygen atoms in total. The van der Waals surface area contributed by atoms with Crippen molar-refractivity contribution in [3.05, 3.63) is 41.1 Å². The number of carbonyl (C=O) groups excluding carboxylic acids is 1. The smallest absolute Gasteiger partial charge is 0.248 e. The predicted molar refractivity (Wildman–Crippen MR) is 83.7 cm³/mol. The Labute approximate surface area is 133 Å². The van der Waals surface area contributed by atoms with E-state index >= 15 is 0 Å². The van der Waals surface area contributed by atoms with Gasteiger partial charge in [-0.05, 0) is 29.8 Å². The van der Waals surface area contributed by atoms with E-state index in [1.807, 2.05) is 31.2 Å². The monoisotopic (exact) mass is 314 g/mol. The van der Waals surface area contributed by atoms with Crippen LogP contribution in [0.4, 0.5) is 5.95 Å². The number of nitrogens with two attached hydrogens (primary N) is 1. The molecule has 2 heterocycles. The molecule has 3 N–H and O–H groups in total. The van der Waals surface area contributed by atoms with Crippen LogP contribution in [0, 0.1) is 0 Å². The van der Waals surface area contributed by atoms with E-state index in [9.17, 15) is 4.79 Å². The molecule has 1 aromatic carbocycles. The first-order valence-corrected chi connectivity index (χ1v) is 7.40. The predicted octanol–water partition coefficient (Wildman–Crippen LogP) is 1.24. The standard InChI is InChI=1S/C15H18N6O2/c1-3-8-23-11-7-5-4-6-10(11)13-12(14(16)22)9(2)17-15-18-19-20-21(13)15/h4-7,13H,3,8H2,1-2H3,(H2,16,22)(H,17,18,20)/t13-/m1/s1. The average molecular weight is 314 g/mol. The van der Waals surface area contributed by atoms with Crippen molar-refractivity contribution >= 4 is 11.9 Å². The van der Waals surface area contributed by atoms with Gasteiger partial charge in [0.2, 0.25) is 11.9 Å². The highest BCUT2D eigenvalue weighted by atomic mass is 16.5. The number of hydrogen-bond donors (Lipinski definition) is 2. The van der Waals surface area contributed by atoms with Crippen LogP contribution in [0.15, 0.2) is 35.5 Å². The molecule has 1 aliphatic heterocycles. The fourth-order valence-corrected chi connectivity index (χ4v) is 2.67. The number of amides is 1. The van der Waals surface area contributed by atoms with Gasteiger partial charge in [-0.15, -0.1) is 0 Å². The SMILES string of the molecule is CCCOc1ccccc1[C@@H]1C(C(N)=O)=C(C)Nc2nnnn21. The number of para-hydroxylation sites is 1. The van der Waals surface area contributed by atoms with Crippen molar-refractivity contribution in [2.45, 2.75) is 26.3 Å². The van der Waals surface area contributed by atoms with Gasteiger partial charge in [0.15, 0.2) is 0 Å². The Balaban J connectivity index is 2.15. The second kappa shape index (κ2) is 6.07. The van der Waals surface area contributed by atoms with E-state index in [2.05, 4.69) is 20.8 Å². The number of carbonyl (C=O) groups is 1. The van der Waals surface area contributed by atoms with Crippen molar-refractivity contribution in [2.24, 2.45) is 5.73 Å². The third-order valence-corrected chi connectivity index (χ3v) is 3.65. The molecule has 8 heteroatoms. The van der Waals surface area contributed by atoms with Crippen molar-refractivity contribution < 1.29 is 9.53 Å². The van der Waals surface area contributed by atoms with E-state index in [1.54, 1.807) is 11.6 Å². The summed E-state index contributed by atoms with van der Waals surface area (Å²) in [5, 5.41) is 14.6. The Morgan fingerprint density at radius 1 is 1.43 bits per heavy atom. The lowest BCUT2D eigenvalue weighted by Crippen LogP contribution is -2.32. The summed E-state index contributed by atoms with van der Waals surface area (Å²) in [6.45, 7) is 4.39. The molecule has 0 fully saturated rings. The van der Waals surface area contributed by atoms with Gasteiger partial charge >= 0.3 is 0 Å². The number of allylic oxidation sites excluding steroid dienone is 1. The molecule has 1 aliphatic rings. The number of tetrazole rings is 1. The maximum atomic E-state index is 12.0. The van der Waals surface area contributed by atoms with Crippen LogP contribution < -0.4 is 15.8 Å². The highest BCUT2D eigenvalue weighted by molar-refractivity contribution is 5.95. The van der Waals surface area contributed by atoms with Crippen LogP contribution in [0.3, 0.4) is 0 Å². The van der Waals surface area contributed by atoms with E-state index in [0.29, 0.717) is 29.6 Å². The van der Waals surface area contributed by atoms with Crippen LogP contribution in [0.2, 0.25) is 0 Å². The van der Waals surface area contributed by atoms with Gasteiger partial charge in [-0.1, -0.05) is 30.2 Å². The highest BCUT2D eigenvalue weighted by Gasteiger charge is 2.34. The number of benzene rings is 1. The molecule has 1 atom stereocenters. The summed E-state index contributed by atoms with van der Waals surface area (Å²) in [7, 11) is 0. The molecule has 0 saturated heterocycles. The van der Waals surface area contributed by atoms with Gasteiger partial charge in [0.25, 0.3) is 0 Å². The molecular formula is C15H18N6O2. The van der Waals surface area contributed by atoms with Gasteiger partial charge < -0.3 is 15.8 Å². The molecule has 0 unspecified atom stereocenters. The zero-order chi connectivity index (χ0) is 16.4. The third-order valence-electron chi connectivity index (χ3n) is 3.65. The zero-order valence-electron chi connectivity index (χ0n) is 13.0. The molecule has 0 aliphatic carbocycles. The molecular weight excluding hydrogens is 296 g/mol. The van der Waals surface area contributed by atoms with E-state index in [1.165, 1.54) is 0 Å². The maximum absolute atomic E-state index is 12.0. The molecule has 0 bridgehead atoms. The topological polar surface area (TPSA) is 108 Å². The second-order valence-corrected chi connectivity index (χ2v) is 5.26. The molecule has 0 spiro atoms. The second-order valence-electron chi connectivity index (χ2n) is 5.26. The number of anilines is 1. The minimum Gasteiger partial charge on any atom is -0.493 e. The fraction of sp³-hybridized carbons (Fsp3) is 0.333. The van der Waals surface area contributed by atoms with Gasteiger partial charge in [-0.2, -0.15) is 4.68 Å². The molecule has 3 rings (SSSR count). The summed E-state index contributed by atoms with van der Waals surface area (Å²) in [5.41, 5.74) is 7.45. The number of nitrogens with zero attached hydrogens (tertiary/aromatic N) is 4. The third kappa shape index (κ3) is 2.63. The van der Waals surface area contributed by atoms with Gasteiger partial charge in [0.05, 0.1) is 12.2 Å². The Morgan fingerprint density at radius 3 is 2.96 bits per heavy atom. The average Bonchev–Trinajstić information content (AvgIpc) is 2.99. The number of fused-ring (bicyclic) bond motifs is 1.